The van der Waals surface area contributed by atoms with Crippen LogP contribution < -0.4 is 15.6 Å². The highest BCUT2D eigenvalue weighted by atomic mass is 16.5. The Labute approximate surface area is 174 Å². The van der Waals surface area contributed by atoms with Crippen LogP contribution in [0, 0.1) is 0 Å². The van der Waals surface area contributed by atoms with Gasteiger partial charge in [-0.05, 0) is 47.9 Å². The van der Waals surface area contributed by atoms with Gasteiger partial charge in [0.05, 0.1) is 11.1 Å². The van der Waals surface area contributed by atoms with E-state index in [1.54, 1.807) is 30.3 Å². The Bertz CT molecular complexity index is 1260. The summed E-state index contributed by atoms with van der Waals surface area (Å²) in [6.45, 7) is 4.10. The zero-order chi connectivity index (χ0) is 21.1. The Morgan fingerprint density at radius 3 is 2.43 bits per heavy atom. The summed E-state index contributed by atoms with van der Waals surface area (Å²) in [4.78, 5) is 27.8. The lowest BCUT2D eigenvalue weighted by atomic mass is 9.99. The van der Waals surface area contributed by atoms with Gasteiger partial charge in [-0.1, -0.05) is 50.2 Å². The van der Waals surface area contributed by atoms with Crippen molar-refractivity contribution in [2.75, 3.05) is 5.32 Å². The van der Waals surface area contributed by atoms with Crippen LogP contribution in [0.25, 0.3) is 10.9 Å². The summed E-state index contributed by atoms with van der Waals surface area (Å²) >= 11 is 0. The van der Waals surface area contributed by atoms with Crippen molar-refractivity contribution in [3.63, 3.8) is 0 Å². The zero-order valence-corrected chi connectivity index (χ0v) is 16.8. The fourth-order valence-corrected chi connectivity index (χ4v) is 3.40. The number of benzene rings is 3. The van der Waals surface area contributed by atoms with Gasteiger partial charge in [-0.25, -0.2) is 0 Å². The normalized spacial score (nSPS) is 10.9. The third-order valence-electron chi connectivity index (χ3n) is 4.86. The number of carbonyl (C=O) groups excluding carboxylic acids is 1. The molecule has 0 saturated carbocycles. The van der Waals surface area contributed by atoms with E-state index in [0.717, 1.165) is 10.9 Å². The Morgan fingerprint density at radius 1 is 0.933 bits per heavy atom. The number of nitrogens with one attached hydrogen (secondary N) is 2. The molecule has 1 heterocycles. The number of anilines is 1. The summed E-state index contributed by atoms with van der Waals surface area (Å²) in [6, 6.07) is 23.6. The summed E-state index contributed by atoms with van der Waals surface area (Å²) in [5, 5.41) is 3.87. The molecular formula is C25H22N2O3. The number of amides is 1. The van der Waals surface area contributed by atoms with E-state index in [0.29, 0.717) is 28.3 Å². The van der Waals surface area contributed by atoms with Gasteiger partial charge in [0.15, 0.2) is 0 Å². The van der Waals surface area contributed by atoms with Crippen LogP contribution in [0.15, 0.2) is 83.7 Å². The molecule has 0 aliphatic heterocycles. The number of para-hydroxylation sites is 2. The lowest BCUT2D eigenvalue weighted by Gasteiger charge is -2.13. The summed E-state index contributed by atoms with van der Waals surface area (Å²) in [7, 11) is 0. The topological polar surface area (TPSA) is 71.2 Å². The van der Waals surface area contributed by atoms with Gasteiger partial charge in [0.2, 0.25) is 5.56 Å². The molecule has 4 aromatic rings. The van der Waals surface area contributed by atoms with Gasteiger partial charge < -0.3 is 15.0 Å². The van der Waals surface area contributed by atoms with Crippen LogP contribution in [0.3, 0.4) is 0 Å². The van der Waals surface area contributed by atoms with Crippen molar-refractivity contribution in [2.24, 2.45) is 0 Å². The molecule has 0 bridgehead atoms. The highest BCUT2D eigenvalue weighted by molar-refractivity contribution is 6.07. The molecule has 3 aromatic carbocycles. The minimum atomic E-state index is -0.289. The van der Waals surface area contributed by atoms with Crippen molar-refractivity contribution in [2.45, 2.75) is 19.8 Å². The molecule has 30 heavy (non-hydrogen) atoms. The molecule has 0 fully saturated rings. The van der Waals surface area contributed by atoms with Crippen molar-refractivity contribution in [3.8, 4) is 11.5 Å². The molecule has 2 N–H and O–H groups in total. The Balaban J connectivity index is 1.63. The highest BCUT2D eigenvalue weighted by Crippen LogP contribution is 2.28. The molecule has 0 aliphatic rings. The minimum Gasteiger partial charge on any atom is -0.457 e. The van der Waals surface area contributed by atoms with Crippen LogP contribution in [0.5, 0.6) is 11.5 Å². The number of rotatable bonds is 5. The van der Waals surface area contributed by atoms with Gasteiger partial charge in [-0.2, -0.15) is 0 Å². The van der Waals surface area contributed by atoms with Crippen LogP contribution in [-0.2, 0) is 0 Å². The van der Waals surface area contributed by atoms with Gasteiger partial charge in [-0.3, -0.25) is 9.59 Å². The maximum atomic E-state index is 12.9. The number of H-pyrrole nitrogens is 1. The first-order valence-electron chi connectivity index (χ1n) is 9.81. The lowest BCUT2D eigenvalue weighted by Crippen LogP contribution is -2.13. The molecule has 0 aliphatic carbocycles. The molecule has 1 aromatic heterocycles. The molecule has 150 valence electrons. The zero-order valence-electron chi connectivity index (χ0n) is 16.8. The SMILES string of the molecule is CC(C)c1cc(=O)[nH]c2cc(NC(=O)c3ccccc3Oc3ccccc3)ccc12. The van der Waals surface area contributed by atoms with Crippen LogP contribution in [-0.4, -0.2) is 10.9 Å². The molecule has 5 nitrogen and oxygen atoms in total. The molecule has 1 amide bonds. The number of hydrogen-bond acceptors (Lipinski definition) is 3. The number of ether oxygens (including phenoxy) is 1. The molecule has 5 heteroatoms. The van der Waals surface area contributed by atoms with Crippen LogP contribution in [0.1, 0.15) is 35.7 Å². The number of fused-ring (bicyclic) bond motifs is 1. The molecular weight excluding hydrogens is 376 g/mol. The molecule has 0 radical (unpaired) electrons. The van der Waals surface area contributed by atoms with E-state index in [-0.39, 0.29) is 17.4 Å². The van der Waals surface area contributed by atoms with Gasteiger partial charge in [0, 0.05) is 17.1 Å². The van der Waals surface area contributed by atoms with E-state index in [9.17, 15) is 9.59 Å². The first-order chi connectivity index (χ1) is 14.5. The van der Waals surface area contributed by atoms with E-state index in [1.165, 1.54) is 0 Å². The number of aromatic nitrogens is 1. The predicted molar refractivity (Wildman–Crippen MR) is 120 cm³/mol. The van der Waals surface area contributed by atoms with Crippen molar-refractivity contribution >= 4 is 22.5 Å². The average molecular weight is 398 g/mol. The fourth-order valence-electron chi connectivity index (χ4n) is 3.40. The highest BCUT2D eigenvalue weighted by Gasteiger charge is 2.14. The van der Waals surface area contributed by atoms with Crippen molar-refractivity contribution in [1.82, 2.24) is 4.98 Å². The van der Waals surface area contributed by atoms with E-state index < -0.39 is 0 Å². The van der Waals surface area contributed by atoms with E-state index in [1.807, 2.05) is 62.4 Å². The maximum absolute atomic E-state index is 12.9. The van der Waals surface area contributed by atoms with E-state index >= 15 is 0 Å². The summed E-state index contributed by atoms with van der Waals surface area (Å²) < 4.78 is 5.89. The first-order valence-corrected chi connectivity index (χ1v) is 9.81. The molecule has 0 atom stereocenters. The number of pyridine rings is 1. The van der Waals surface area contributed by atoms with E-state index in [4.69, 9.17) is 4.74 Å². The molecule has 4 rings (SSSR count). The molecule has 0 spiro atoms. The second kappa shape index (κ2) is 8.25. The van der Waals surface area contributed by atoms with Crippen LogP contribution in [0.2, 0.25) is 0 Å². The second-order valence-corrected chi connectivity index (χ2v) is 7.37. The Kier molecular flexibility index (Phi) is 5.35. The van der Waals surface area contributed by atoms with Crippen LogP contribution in [0.4, 0.5) is 5.69 Å². The van der Waals surface area contributed by atoms with Crippen molar-refractivity contribution in [1.29, 1.82) is 0 Å². The van der Waals surface area contributed by atoms with Crippen molar-refractivity contribution in [3.05, 3.63) is 100 Å². The van der Waals surface area contributed by atoms with Crippen molar-refractivity contribution < 1.29 is 9.53 Å². The number of hydrogen-bond donors (Lipinski definition) is 2. The smallest absolute Gasteiger partial charge is 0.259 e. The summed E-state index contributed by atoms with van der Waals surface area (Å²) in [5.74, 6) is 1.06. The number of aromatic amines is 1. The van der Waals surface area contributed by atoms with Gasteiger partial charge in [0.25, 0.3) is 5.91 Å². The van der Waals surface area contributed by atoms with Crippen LogP contribution >= 0.6 is 0 Å². The fraction of sp³-hybridized carbons (Fsp3) is 0.120. The van der Waals surface area contributed by atoms with E-state index in [2.05, 4.69) is 10.3 Å². The monoisotopic (exact) mass is 398 g/mol. The Hall–Kier alpha value is -3.86. The molecule has 0 saturated heterocycles. The standard InChI is InChI=1S/C25H22N2O3/c1-16(2)21-15-24(28)27-22-14-17(12-13-19(21)22)26-25(29)20-10-6-7-11-23(20)30-18-8-4-3-5-9-18/h3-16H,1-2H3,(H,26,29)(H,27,28). The summed E-state index contributed by atoms with van der Waals surface area (Å²) in [5.41, 5.74) is 2.53. The van der Waals surface area contributed by atoms with Gasteiger partial charge in [0.1, 0.15) is 11.5 Å². The molecule has 0 unspecified atom stereocenters. The van der Waals surface area contributed by atoms with Gasteiger partial charge in [-0.15, -0.1) is 0 Å². The summed E-state index contributed by atoms with van der Waals surface area (Å²) in [6.07, 6.45) is 0. The third kappa shape index (κ3) is 4.10. The first kappa shape index (κ1) is 19.5. The predicted octanol–water partition coefficient (Wildman–Crippen LogP) is 5.70. The second-order valence-electron chi connectivity index (χ2n) is 7.37. The maximum Gasteiger partial charge on any atom is 0.259 e. The quantitative estimate of drug-likeness (QED) is 0.453. The average Bonchev–Trinajstić information content (AvgIpc) is 2.74. The van der Waals surface area contributed by atoms with Gasteiger partial charge >= 0.3 is 0 Å². The minimum absolute atomic E-state index is 0.156. The largest absolute Gasteiger partial charge is 0.457 e. The lowest BCUT2D eigenvalue weighted by molar-refractivity contribution is 0.102. The number of carbonyl (C=O) groups is 1. The Morgan fingerprint density at radius 2 is 1.67 bits per heavy atom. The third-order valence-corrected chi connectivity index (χ3v) is 4.86.